The van der Waals surface area contributed by atoms with E-state index in [1.54, 1.807) is 19.1 Å². The van der Waals surface area contributed by atoms with Crippen molar-refractivity contribution in [3.63, 3.8) is 0 Å². The molecule has 1 rings (SSSR count). The maximum atomic E-state index is 11.3. The number of ether oxygens (including phenoxy) is 1. The van der Waals surface area contributed by atoms with Gasteiger partial charge in [0.15, 0.2) is 0 Å². The van der Waals surface area contributed by atoms with Crippen LogP contribution < -0.4 is 0 Å². The Bertz CT molecular complexity index is 452. The Morgan fingerprint density at radius 1 is 1.50 bits per heavy atom. The predicted molar refractivity (Wildman–Crippen MR) is 66.9 cm³/mol. The Hall–Kier alpha value is -0.860. The third-order valence-corrected chi connectivity index (χ3v) is 3.97. The highest BCUT2D eigenvalue weighted by atomic mass is 79.9. The molecule has 5 heteroatoms. The lowest BCUT2D eigenvalue weighted by molar-refractivity contribution is -0.142. The zero-order valence-corrected chi connectivity index (χ0v) is 11.8. The molecule has 0 fully saturated rings. The van der Waals surface area contributed by atoms with Crippen molar-refractivity contribution in [2.45, 2.75) is 13.3 Å². The van der Waals surface area contributed by atoms with Gasteiger partial charge < -0.3 is 4.74 Å². The van der Waals surface area contributed by atoms with Crippen molar-refractivity contribution in [1.82, 2.24) is 0 Å². The van der Waals surface area contributed by atoms with E-state index >= 15 is 0 Å². The van der Waals surface area contributed by atoms with E-state index in [-0.39, 0.29) is 12.4 Å². The lowest BCUT2D eigenvalue weighted by Crippen LogP contribution is -2.08. The van der Waals surface area contributed by atoms with E-state index in [0.717, 1.165) is 14.5 Å². The molecule has 0 aliphatic carbocycles. The number of hydrogen-bond donors (Lipinski definition) is 0. The Balaban J connectivity index is 3.00. The molecule has 0 aliphatic rings. The first-order valence-corrected chi connectivity index (χ1v) is 6.20. The average molecular weight is 347 g/mol. The van der Waals surface area contributed by atoms with Crippen molar-refractivity contribution < 1.29 is 9.53 Å². The fraction of sp³-hybridized carbons (Fsp3) is 0.273. The SMILES string of the molecule is CCOC(=O)Cc1cc(C#N)cc(Br)c1Br. The molecular weight excluding hydrogens is 338 g/mol. The zero-order valence-electron chi connectivity index (χ0n) is 8.59. The minimum atomic E-state index is -0.301. The van der Waals surface area contributed by atoms with Gasteiger partial charge in [-0.25, -0.2) is 0 Å². The van der Waals surface area contributed by atoms with Gasteiger partial charge in [-0.1, -0.05) is 0 Å². The summed E-state index contributed by atoms with van der Waals surface area (Å²) in [6, 6.07) is 5.40. The highest BCUT2D eigenvalue weighted by Crippen LogP contribution is 2.28. The van der Waals surface area contributed by atoms with Crippen LogP contribution in [0.3, 0.4) is 0 Å². The maximum absolute atomic E-state index is 11.3. The monoisotopic (exact) mass is 345 g/mol. The van der Waals surface area contributed by atoms with Crippen LogP contribution in [0, 0.1) is 11.3 Å². The Labute approximate surface area is 111 Å². The second-order valence-electron chi connectivity index (χ2n) is 3.02. The Kier molecular flexibility index (Phi) is 4.97. The van der Waals surface area contributed by atoms with Gasteiger partial charge in [0.25, 0.3) is 0 Å². The number of benzene rings is 1. The van der Waals surface area contributed by atoms with Crippen molar-refractivity contribution >= 4 is 37.8 Å². The van der Waals surface area contributed by atoms with Crippen molar-refractivity contribution in [2.24, 2.45) is 0 Å². The molecule has 0 N–H and O–H groups in total. The minimum Gasteiger partial charge on any atom is -0.466 e. The van der Waals surface area contributed by atoms with E-state index in [0.29, 0.717) is 12.2 Å². The van der Waals surface area contributed by atoms with Crippen molar-refractivity contribution in [2.75, 3.05) is 6.61 Å². The second kappa shape index (κ2) is 6.02. The van der Waals surface area contributed by atoms with Crippen LogP contribution in [-0.2, 0) is 16.0 Å². The minimum absolute atomic E-state index is 0.155. The van der Waals surface area contributed by atoms with E-state index in [9.17, 15) is 4.79 Å². The van der Waals surface area contributed by atoms with Crippen LogP contribution >= 0.6 is 31.9 Å². The first-order valence-electron chi connectivity index (χ1n) is 4.62. The number of esters is 1. The molecule has 0 unspecified atom stereocenters. The highest BCUT2D eigenvalue weighted by molar-refractivity contribution is 9.13. The topological polar surface area (TPSA) is 50.1 Å². The maximum Gasteiger partial charge on any atom is 0.310 e. The summed E-state index contributed by atoms with van der Waals surface area (Å²) < 4.78 is 6.39. The molecule has 1 aromatic rings. The zero-order chi connectivity index (χ0) is 12.1. The molecule has 0 radical (unpaired) electrons. The molecule has 0 aliphatic heterocycles. The Morgan fingerprint density at radius 2 is 2.19 bits per heavy atom. The number of nitrogens with zero attached hydrogens (tertiary/aromatic N) is 1. The quantitative estimate of drug-likeness (QED) is 0.790. The van der Waals surface area contributed by atoms with Crippen LogP contribution in [0.4, 0.5) is 0 Å². The summed E-state index contributed by atoms with van der Waals surface area (Å²) in [5.74, 6) is -0.301. The summed E-state index contributed by atoms with van der Waals surface area (Å²) >= 11 is 6.68. The molecule has 0 spiro atoms. The predicted octanol–water partition coefficient (Wildman–Crippen LogP) is 3.19. The van der Waals surface area contributed by atoms with E-state index in [1.807, 2.05) is 6.07 Å². The first-order chi connectivity index (χ1) is 7.58. The smallest absolute Gasteiger partial charge is 0.310 e. The molecule has 1 aromatic carbocycles. The van der Waals surface area contributed by atoms with Crippen LogP contribution in [0.15, 0.2) is 21.1 Å². The summed E-state index contributed by atoms with van der Waals surface area (Å²) in [4.78, 5) is 11.3. The molecule has 84 valence electrons. The van der Waals surface area contributed by atoms with Crippen LogP contribution in [0.2, 0.25) is 0 Å². The summed E-state index contributed by atoms with van der Waals surface area (Å²) in [6.45, 7) is 2.12. The van der Waals surface area contributed by atoms with Gasteiger partial charge in [0.2, 0.25) is 0 Å². The number of rotatable bonds is 3. The van der Waals surface area contributed by atoms with Gasteiger partial charge in [-0.3, -0.25) is 4.79 Å². The van der Waals surface area contributed by atoms with Crippen LogP contribution in [-0.4, -0.2) is 12.6 Å². The van der Waals surface area contributed by atoms with Crippen LogP contribution in [0.25, 0.3) is 0 Å². The molecular formula is C11H9Br2NO2. The fourth-order valence-electron chi connectivity index (χ4n) is 1.21. The average Bonchev–Trinajstić information content (AvgIpc) is 2.24. The number of halogens is 2. The number of nitriles is 1. The highest BCUT2D eigenvalue weighted by Gasteiger charge is 2.11. The molecule has 16 heavy (non-hydrogen) atoms. The normalized spacial score (nSPS) is 9.62. The summed E-state index contributed by atoms with van der Waals surface area (Å²) in [5, 5.41) is 8.81. The summed E-state index contributed by atoms with van der Waals surface area (Å²) in [6.07, 6.45) is 0.155. The van der Waals surface area contributed by atoms with E-state index < -0.39 is 0 Å². The molecule has 0 amide bonds. The van der Waals surface area contributed by atoms with Gasteiger partial charge in [-0.05, 0) is 56.5 Å². The van der Waals surface area contributed by atoms with Crippen molar-refractivity contribution in [3.8, 4) is 6.07 Å². The number of carbonyl (C=O) groups is 1. The molecule has 0 aromatic heterocycles. The van der Waals surface area contributed by atoms with E-state index in [4.69, 9.17) is 10.00 Å². The van der Waals surface area contributed by atoms with Crippen LogP contribution in [0.5, 0.6) is 0 Å². The largest absolute Gasteiger partial charge is 0.466 e. The molecule has 0 heterocycles. The van der Waals surface area contributed by atoms with Crippen molar-refractivity contribution in [3.05, 3.63) is 32.2 Å². The van der Waals surface area contributed by atoms with Crippen molar-refractivity contribution in [1.29, 1.82) is 5.26 Å². The van der Waals surface area contributed by atoms with Gasteiger partial charge in [0, 0.05) is 8.95 Å². The van der Waals surface area contributed by atoms with E-state index in [2.05, 4.69) is 31.9 Å². The summed E-state index contributed by atoms with van der Waals surface area (Å²) in [5.41, 5.74) is 1.25. The molecule has 0 saturated carbocycles. The molecule has 3 nitrogen and oxygen atoms in total. The first kappa shape index (κ1) is 13.2. The lowest BCUT2D eigenvalue weighted by atomic mass is 10.1. The van der Waals surface area contributed by atoms with Gasteiger partial charge in [-0.15, -0.1) is 0 Å². The third kappa shape index (κ3) is 3.32. The van der Waals surface area contributed by atoms with Gasteiger partial charge in [0.1, 0.15) is 0 Å². The Morgan fingerprint density at radius 3 is 2.75 bits per heavy atom. The number of carbonyl (C=O) groups excluding carboxylic acids is 1. The fourth-order valence-corrected chi connectivity index (χ4v) is 2.08. The third-order valence-electron chi connectivity index (χ3n) is 1.87. The summed E-state index contributed by atoms with van der Waals surface area (Å²) in [7, 11) is 0. The van der Waals surface area contributed by atoms with Gasteiger partial charge in [-0.2, -0.15) is 5.26 Å². The number of hydrogen-bond acceptors (Lipinski definition) is 3. The molecule has 0 saturated heterocycles. The molecule has 0 atom stereocenters. The van der Waals surface area contributed by atoms with Gasteiger partial charge >= 0.3 is 5.97 Å². The van der Waals surface area contributed by atoms with E-state index in [1.165, 1.54) is 0 Å². The van der Waals surface area contributed by atoms with Gasteiger partial charge in [0.05, 0.1) is 24.7 Å². The lowest BCUT2D eigenvalue weighted by Gasteiger charge is -2.06. The second-order valence-corrected chi connectivity index (χ2v) is 4.67. The van der Waals surface area contributed by atoms with Crippen LogP contribution in [0.1, 0.15) is 18.1 Å². The standard InChI is InChI=1S/C11H9Br2NO2/c1-2-16-10(15)5-8-3-7(6-14)4-9(12)11(8)13/h3-4H,2,5H2,1H3. The molecule has 0 bridgehead atoms.